The maximum atomic E-state index is 11.2. The van der Waals surface area contributed by atoms with Crippen LogP contribution in [0.2, 0.25) is 0 Å². The Bertz CT molecular complexity index is 305. The highest BCUT2D eigenvalue weighted by Crippen LogP contribution is 2.41. The molecular weight excluding hydrogens is 250 g/mol. The largest absolute Gasteiger partial charge is 0.481 e. The van der Waals surface area contributed by atoms with Crippen LogP contribution in [0.15, 0.2) is 0 Å². The zero-order valence-electron chi connectivity index (χ0n) is 13.0. The van der Waals surface area contributed by atoms with Crippen LogP contribution in [0.25, 0.3) is 0 Å². The summed E-state index contributed by atoms with van der Waals surface area (Å²) < 4.78 is 0. The zero-order chi connectivity index (χ0) is 14.4. The predicted octanol–water partition coefficient (Wildman–Crippen LogP) is 4.06. The lowest BCUT2D eigenvalue weighted by Gasteiger charge is -2.22. The highest BCUT2D eigenvalue weighted by molar-refractivity contribution is 5.71. The molecular formula is C17H31NO2. The van der Waals surface area contributed by atoms with Gasteiger partial charge in [-0.25, -0.2) is 0 Å². The van der Waals surface area contributed by atoms with Crippen molar-refractivity contribution in [2.45, 2.75) is 89.6 Å². The smallest absolute Gasteiger partial charge is 0.308 e. The number of carboxylic acids is 1. The summed E-state index contributed by atoms with van der Waals surface area (Å²) in [5, 5.41) is 9.24. The highest BCUT2D eigenvalue weighted by Gasteiger charge is 2.48. The van der Waals surface area contributed by atoms with Gasteiger partial charge in [-0.15, -0.1) is 0 Å². The number of rotatable bonds is 10. The molecule has 2 aliphatic rings. The molecule has 0 aromatic heterocycles. The molecule has 20 heavy (non-hydrogen) atoms. The minimum absolute atomic E-state index is 0.0807. The third-order valence-electron chi connectivity index (χ3n) is 5.27. The van der Waals surface area contributed by atoms with E-state index in [4.69, 9.17) is 0 Å². The van der Waals surface area contributed by atoms with E-state index in [0.717, 1.165) is 19.4 Å². The van der Waals surface area contributed by atoms with Gasteiger partial charge in [0, 0.05) is 12.1 Å². The van der Waals surface area contributed by atoms with Crippen molar-refractivity contribution in [3.8, 4) is 0 Å². The molecule has 0 saturated carbocycles. The van der Waals surface area contributed by atoms with Crippen LogP contribution in [0.4, 0.5) is 0 Å². The number of hydrogen-bond donors (Lipinski definition) is 1. The topological polar surface area (TPSA) is 40.5 Å². The molecule has 3 unspecified atom stereocenters. The second kappa shape index (κ2) is 8.02. The fourth-order valence-corrected chi connectivity index (χ4v) is 4.14. The van der Waals surface area contributed by atoms with Crippen LogP contribution in [-0.2, 0) is 4.79 Å². The first kappa shape index (κ1) is 15.8. The molecule has 2 saturated heterocycles. The number of unbranched alkanes of at least 4 members (excludes halogenated alkanes) is 7. The maximum Gasteiger partial charge on any atom is 0.308 e. The lowest BCUT2D eigenvalue weighted by atomic mass is 9.89. The average Bonchev–Trinajstić information content (AvgIpc) is 2.99. The molecule has 3 heteroatoms. The molecule has 0 aromatic rings. The Kier molecular flexibility index (Phi) is 6.34. The SMILES string of the molecule is CCCCCCCCCCN1C2CCC1C(C(=O)O)C2. The first-order valence-electron chi connectivity index (χ1n) is 8.72. The van der Waals surface area contributed by atoms with Crippen molar-refractivity contribution in [1.82, 2.24) is 4.90 Å². The second-order valence-electron chi connectivity index (χ2n) is 6.69. The summed E-state index contributed by atoms with van der Waals surface area (Å²) >= 11 is 0. The summed E-state index contributed by atoms with van der Waals surface area (Å²) in [6, 6.07) is 0.924. The lowest BCUT2D eigenvalue weighted by Crippen LogP contribution is -2.33. The van der Waals surface area contributed by atoms with Gasteiger partial charge in [-0.3, -0.25) is 9.69 Å². The molecule has 2 heterocycles. The fraction of sp³-hybridized carbons (Fsp3) is 0.941. The molecule has 0 spiro atoms. The van der Waals surface area contributed by atoms with Crippen LogP contribution in [0.1, 0.15) is 77.6 Å². The van der Waals surface area contributed by atoms with Crippen molar-refractivity contribution in [2.24, 2.45) is 5.92 Å². The van der Waals surface area contributed by atoms with E-state index in [2.05, 4.69) is 11.8 Å². The quantitative estimate of drug-likeness (QED) is 0.614. The number of carboxylic acid groups (broad SMARTS) is 1. The molecule has 0 aliphatic carbocycles. The Morgan fingerprint density at radius 1 is 1.05 bits per heavy atom. The summed E-state index contributed by atoms with van der Waals surface area (Å²) in [6.07, 6.45) is 14.0. The molecule has 0 amide bonds. The van der Waals surface area contributed by atoms with Crippen LogP contribution in [0.5, 0.6) is 0 Å². The van der Waals surface area contributed by atoms with Crippen molar-refractivity contribution in [2.75, 3.05) is 6.54 Å². The van der Waals surface area contributed by atoms with Crippen LogP contribution < -0.4 is 0 Å². The van der Waals surface area contributed by atoms with Crippen molar-refractivity contribution in [1.29, 1.82) is 0 Å². The molecule has 2 fully saturated rings. The van der Waals surface area contributed by atoms with E-state index in [0.29, 0.717) is 12.1 Å². The molecule has 2 bridgehead atoms. The van der Waals surface area contributed by atoms with E-state index >= 15 is 0 Å². The summed E-state index contributed by atoms with van der Waals surface area (Å²) in [6.45, 7) is 3.39. The first-order valence-corrected chi connectivity index (χ1v) is 8.72. The third kappa shape index (κ3) is 3.97. The van der Waals surface area contributed by atoms with E-state index in [-0.39, 0.29) is 5.92 Å². The van der Waals surface area contributed by atoms with Gasteiger partial charge in [0.15, 0.2) is 0 Å². The van der Waals surface area contributed by atoms with Crippen molar-refractivity contribution >= 4 is 5.97 Å². The molecule has 2 aliphatic heterocycles. The van der Waals surface area contributed by atoms with Gasteiger partial charge in [0.05, 0.1) is 5.92 Å². The maximum absolute atomic E-state index is 11.2. The standard InChI is InChI=1S/C17H31NO2/c1-2-3-4-5-6-7-8-9-12-18-14-10-11-16(18)15(13-14)17(19)20/h14-16H,2-13H2,1H3,(H,19,20). The minimum Gasteiger partial charge on any atom is -0.481 e. The van der Waals surface area contributed by atoms with Crippen LogP contribution in [0, 0.1) is 5.92 Å². The second-order valence-corrected chi connectivity index (χ2v) is 6.69. The highest BCUT2D eigenvalue weighted by atomic mass is 16.4. The fourth-order valence-electron chi connectivity index (χ4n) is 4.14. The average molecular weight is 281 g/mol. The number of fused-ring (bicyclic) bond motifs is 2. The first-order chi connectivity index (χ1) is 9.74. The Hall–Kier alpha value is -0.570. The molecule has 0 aromatic carbocycles. The van der Waals surface area contributed by atoms with E-state index < -0.39 is 5.97 Å². The Morgan fingerprint density at radius 3 is 2.30 bits per heavy atom. The van der Waals surface area contributed by atoms with Crippen LogP contribution in [-0.4, -0.2) is 34.6 Å². The van der Waals surface area contributed by atoms with Crippen molar-refractivity contribution < 1.29 is 9.90 Å². The minimum atomic E-state index is -0.571. The van der Waals surface area contributed by atoms with E-state index in [1.807, 2.05) is 0 Å². The third-order valence-corrected chi connectivity index (χ3v) is 5.27. The molecule has 3 atom stereocenters. The lowest BCUT2D eigenvalue weighted by molar-refractivity contribution is -0.142. The van der Waals surface area contributed by atoms with Gasteiger partial charge in [0.25, 0.3) is 0 Å². The number of aliphatic carboxylic acids is 1. The van der Waals surface area contributed by atoms with Crippen molar-refractivity contribution in [3.05, 3.63) is 0 Å². The molecule has 0 radical (unpaired) electrons. The van der Waals surface area contributed by atoms with Gasteiger partial charge in [-0.05, 0) is 32.2 Å². The number of hydrogen-bond acceptors (Lipinski definition) is 2. The number of carbonyl (C=O) groups is 1. The summed E-state index contributed by atoms with van der Waals surface area (Å²) in [5.74, 6) is -0.652. The Labute approximate surface area is 123 Å². The number of nitrogens with zero attached hydrogens (tertiary/aromatic N) is 1. The van der Waals surface area contributed by atoms with Gasteiger partial charge in [0.1, 0.15) is 0 Å². The van der Waals surface area contributed by atoms with Gasteiger partial charge < -0.3 is 5.11 Å². The monoisotopic (exact) mass is 281 g/mol. The van der Waals surface area contributed by atoms with E-state index in [1.165, 1.54) is 57.8 Å². The van der Waals surface area contributed by atoms with E-state index in [9.17, 15) is 9.90 Å². The van der Waals surface area contributed by atoms with Crippen LogP contribution >= 0.6 is 0 Å². The molecule has 3 nitrogen and oxygen atoms in total. The van der Waals surface area contributed by atoms with Crippen molar-refractivity contribution in [3.63, 3.8) is 0 Å². The Morgan fingerprint density at radius 2 is 1.70 bits per heavy atom. The normalized spacial score (nSPS) is 29.1. The molecule has 1 N–H and O–H groups in total. The predicted molar refractivity (Wildman–Crippen MR) is 81.9 cm³/mol. The molecule has 2 rings (SSSR count). The van der Waals surface area contributed by atoms with Gasteiger partial charge in [-0.2, -0.15) is 0 Å². The van der Waals surface area contributed by atoms with E-state index in [1.54, 1.807) is 0 Å². The van der Waals surface area contributed by atoms with Crippen LogP contribution in [0.3, 0.4) is 0 Å². The van der Waals surface area contributed by atoms with Gasteiger partial charge >= 0.3 is 5.97 Å². The van der Waals surface area contributed by atoms with Gasteiger partial charge in [0.2, 0.25) is 0 Å². The van der Waals surface area contributed by atoms with Gasteiger partial charge in [-0.1, -0.05) is 51.9 Å². The molecule has 116 valence electrons. The summed E-state index contributed by atoms with van der Waals surface area (Å²) in [7, 11) is 0. The summed E-state index contributed by atoms with van der Waals surface area (Å²) in [4.78, 5) is 13.7. The Balaban J connectivity index is 1.55. The zero-order valence-corrected chi connectivity index (χ0v) is 13.0. The summed E-state index contributed by atoms with van der Waals surface area (Å²) in [5.41, 5.74) is 0.